The molecule has 1 unspecified atom stereocenters. The quantitative estimate of drug-likeness (QED) is 0.395. The molecular weight excluding hydrogens is 224 g/mol. The van der Waals surface area contributed by atoms with Gasteiger partial charge in [-0.15, -0.1) is 0 Å². The number of hydrogen-bond acceptors (Lipinski definition) is 2. The molecule has 0 aromatic heterocycles. The van der Waals surface area contributed by atoms with E-state index in [1.807, 2.05) is 19.1 Å². The van der Waals surface area contributed by atoms with Gasteiger partial charge >= 0.3 is 5.97 Å². The molecule has 2 heteroatoms. The van der Waals surface area contributed by atoms with Crippen LogP contribution in [0.2, 0.25) is 0 Å². The van der Waals surface area contributed by atoms with Crippen molar-refractivity contribution in [3.05, 3.63) is 48.3 Å². The molecule has 0 N–H and O–H groups in total. The van der Waals surface area contributed by atoms with Gasteiger partial charge < -0.3 is 4.74 Å². The number of ether oxygens (including phenoxy) is 1. The number of allylic oxidation sites excluding steroid dienone is 6. The molecule has 2 nitrogen and oxygen atoms in total. The van der Waals surface area contributed by atoms with Gasteiger partial charge in [-0.2, -0.15) is 0 Å². The van der Waals surface area contributed by atoms with Crippen LogP contribution in [0.4, 0.5) is 0 Å². The lowest BCUT2D eigenvalue weighted by atomic mass is 9.97. The molecule has 0 fully saturated rings. The highest BCUT2D eigenvalue weighted by molar-refractivity contribution is 5.67. The number of carbonyl (C=O) groups excluding carboxylic acids is 1. The van der Waals surface area contributed by atoms with E-state index in [2.05, 4.69) is 39.5 Å². The van der Waals surface area contributed by atoms with Gasteiger partial charge in [0.15, 0.2) is 0 Å². The van der Waals surface area contributed by atoms with E-state index in [0.29, 0.717) is 17.6 Å². The lowest BCUT2D eigenvalue weighted by Gasteiger charge is -2.09. The summed E-state index contributed by atoms with van der Waals surface area (Å²) >= 11 is 0. The number of hydrogen-bond donors (Lipinski definition) is 0. The normalized spacial score (nSPS) is 14.4. The topological polar surface area (TPSA) is 26.3 Å². The molecule has 0 amide bonds. The third kappa shape index (κ3) is 8.57. The van der Waals surface area contributed by atoms with Crippen LogP contribution in [-0.4, -0.2) is 5.97 Å². The second kappa shape index (κ2) is 8.51. The molecule has 0 saturated carbocycles. The van der Waals surface area contributed by atoms with Crippen molar-refractivity contribution in [1.29, 1.82) is 0 Å². The summed E-state index contributed by atoms with van der Waals surface area (Å²) in [6, 6.07) is 0. The molecule has 0 aliphatic rings. The largest absolute Gasteiger partial charge is 0.427 e. The molecule has 0 spiro atoms. The number of esters is 1. The summed E-state index contributed by atoms with van der Waals surface area (Å²) in [4.78, 5) is 10.6. The van der Waals surface area contributed by atoms with E-state index in [9.17, 15) is 4.79 Å². The van der Waals surface area contributed by atoms with Crippen molar-refractivity contribution >= 4 is 5.97 Å². The van der Waals surface area contributed by atoms with Crippen LogP contribution in [0.3, 0.4) is 0 Å². The molecule has 0 bridgehead atoms. The summed E-state index contributed by atoms with van der Waals surface area (Å²) in [5, 5.41) is 0. The zero-order chi connectivity index (χ0) is 14.1. The Balaban J connectivity index is 4.31. The standard InChI is InChI=1S/C16H24O2/c1-12(2)14(4)11-10-13(3)8-7-9-15(5)18-16(6)17/h7-12,14H,5H2,1-4,6H3. The van der Waals surface area contributed by atoms with Gasteiger partial charge in [-0.1, -0.05) is 57.2 Å². The minimum Gasteiger partial charge on any atom is -0.427 e. The SMILES string of the molecule is C=C(C=CC=C(C)C=CC(C)C(C)C)OC(C)=O. The second-order valence-electron chi connectivity index (χ2n) is 4.79. The van der Waals surface area contributed by atoms with Crippen molar-refractivity contribution in [1.82, 2.24) is 0 Å². The smallest absolute Gasteiger partial charge is 0.308 e. The first-order valence-electron chi connectivity index (χ1n) is 6.23. The Morgan fingerprint density at radius 2 is 1.78 bits per heavy atom. The van der Waals surface area contributed by atoms with Gasteiger partial charge in [-0.25, -0.2) is 0 Å². The highest BCUT2D eigenvalue weighted by atomic mass is 16.5. The molecule has 0 aromatic rings. The van der Waals surface area contributed by atoms with Gasteiger partial charge in [0.1, 0.15) is 5.76 Å². The van der Waals surface area contributed by atoms with Crippen LogP contribution in [-0.2, 0) is 9.53 Å². The summed E-state index contributed by atoms with van der Waals surface area (Å²) in [5.41, 5.74) is 1.15. The van der Waals surface area contributed by atoms with E-state index in [4.69, 9.17) is 4.74 Å². The van der Waals surface area contributed by atoms with Gasteiger partial charge in [0.25, 0.3) is 0 Å². The maximum atomic E-state index is 10.6. The molecule has 0 aliphatic heterocycles. The Morgan fingerprint density at radius 3 is 2.28 bits per heavy atom. The third-order valence-electron chi connectivity index (χ3n) is 2.63. The lowest BCUT2D eigenvalue weighted by Crippen LogP contribution is -1.98. The Labute approximate surface area is 111 Å². The van der Waals surface area contributed by atoms with Crippen LogP contribution in [0.1, 0.15) is 34.6 Å². The molecular formula is C16H24O2. The first kappa shape index (κ1) is 16.4. The predicted octanol–water partition coefficient (Wildman–Crippen LogP) is 4.41. The van der Waals surface area contributed by atoms with Gasteiger partial charge in [0.2, 0.25) is 0 Å². The average Bonchev–Trinajstić information content (AvgIpc) is 2.24. The highest BCUT2D eigenvalue weighted by Gasteiger charge is 2.00. The van der Waals surface area contributed by atoms with Crippen LogP contribution >= 0.6 is 0 Å². The van der Waals surface area contributed by atoms with Crippen molar-refractivity contribution in [3.8, 4) is 0 Å². The Hall–Kier alpha value is -1.57. The van der Waals surface area contributed by atoms with Gasteiger partial charge in [-0.05, 0) is 24.8 Å². The van der Waals surface area contributed by atoms with E-state index in [-0.39, 0.29) is 5.97 Å². The Kier molecular flexibility index (Phi) is 7.77. The summed E-state index contributed by atoms with van der Waals surface area (Å²) in [6.45, 7) is 13.6. The summed E-state index contributed by atoms with van der Waals surface area (Å²) < 4.78 is 4.79. The van der Waals surface area contributed by atoms with Crippen LogP contribution < -0.4 is 0 Å². The summed E-state index contributed by atoms with van der Waals surface area (Å²) in [7, 11) is 0. The molecule has 18 heavy (non-hydrogen) atoms. The second-order valence-corrected chi connectivity index (χ2v) is 4.79. The van der Waals surface area contributed by atoms with Gasteiger partial charge in [-0.3, -0.25) is 4.79 Å². The van der Waals surface area contributed by atoms with Gasteiger partial charge in [0, 0.05) is 6.92 Å². The maximum Gasteiger partial charge on any atom is 0.308 e. The lowest BCUT2D eigenvalue weighted by molar-refractivity contribution is -0.136. The van der Waals surface area contributed by atoms with E-state index < -0.39 is 0 Å². The van der Waals surface area contributed by atoms with E-state index in [0.717, 1.165) is 5.57 Å². The fourth-order valence-electron chi connectivity index (χ4n) is 1.11. The fraction of sp³-hybridized carbons (Fsp3) is 0.438. The average molecular weight is 248 g/mol. The van der Waals surface area contributed by atoms with E-state index in [1.54, 1.807) is 6.08 Å². The molecule has 0 aliphatic carbocycles. The number of rotatable bonds is 6. The van der Waals surface area contributed by atoms with Crippen molar-refractivity contribution < 1.29 is 9.53 Å². The maximum absolute atomic E-state index is 10.6. The summed E-state index contributed by atoms with van der Waals surface area (Å²) in [6.07, 6.45) is 9.75. The minimum absolute atomic E-state index is 0.351. The fourth-order valence-corrected chi connectivity index (χ4v) is 1.11. The molecule has 0 aromatic carbocycles. The van der Waals surface area contributed by atoms with Crippen molar-refractivity contribution in [2.75, 3.05) is 0 Å². The predicted molar refractivity (Wildman–Crippen MR) is 76.9 cm³/mol. The minimum atomic E-state index is -0.351. The van der Waals surface area contributed by atoms with Crippen LogP contribution in [0, 0.1) is 11.8 Å². The molecule has 0 rings (SSSR count). The van der Waals surface area contributed by atoms with Crippen LogP contribution in [0.5, 0.6) is 0 Å². The molecule has 0 heterocycles. The molecule has 1 atom stereocenters. The van der Waals surface area contributed by atoms with E-state index in [1.165, 1.54) is 6.92 Å². The van der Waals surface area contributed by atoms with E-state index >= 15 is 0 Å². The van der Waals surface area contributed by atoms with Gasteiger partial charge in [0.05, 0.1) is 0 Å². The zero-order valence-corrected chi connectivity index (χ0v) is 12.1. The monoisotopic (exact) mass is 248 g/mol. The molecule has 100 valence electrons. The molecule has 0 radical (unpaired) electrons. The van der Waals surface area contributed by atoms with Crippen molar-refractivity contribution in [3.63, 3.8) is 0 Å². The molecule has 0 saturated heterocycles. The van der Waals surface area contributed by atoms with Crippen molar-refractivity contribution in [2.45, 2.75) is 34.6 Å². The van der Waals surface area contributed by atoms with Crippen molar-refractivity contribution in [2.24, 2.45) is 11.8 Å². The highest BCUT2D eigenvalue weighted by Crippen LogP contribution is 2.12. The van der Waals surface area contributed by atoms with Crippen LogP contribution in [0.25, 0.3) is 0 Å². The third-order valence-corrected chi connectivity index (χ3v) is 2.63. The summed E-state index contributed by atoms with van der Waals surface area (Å²) in [5.74, 6) is 1.21. The number of carbonyl (C=O) groups is 1. The van der Waals surface area contributed by atoms with Crippen LogP contribution in [0.15, 0.2) is 48.3 Å². The Morgan fingerprint density at radius 1 is 1.17 bits per heavy atom. The first-order chi connectivity index (χ1) is 8.32. The zero-order valence-electron chi connectivity index (χ0n) is 12.1. The Bertz CT molecular complexity index is 371. The first-order valence-corrected chi connectivity index (χ1v) is 6.23.